The van der Waals surface area contributed by atoms with Gasteiger partial charge in [0.2, 0.25) is 0 Å². The molecule has 5 heteroatoms. The van der Waals surface area contributed by atoms with E-state index in [1.807, 2.05) is 18.2 Å². The topological polar surface area (TPSA) is 66.9 Å². The Hall–Kier alpha value is -2.43. The van der Waals surface area contributed by atoms with E-state index in [9.17, 15) is 4.79 Å². The smallest absolute Gasteiger partial charge is 0.276 e. The molecule has 0 spiro atoms. The summed E-state index contributed by atoms with van der Waals surface area (Å²) in [7, 11) is 0. The van der Waals surface area contributed by atoms with E-state index in [0.29, 0.717) is 11.5 Å². The first-order valence-corrected chi connectivity index (χ1v) is 8.19. The molecule has 122 valence electrons. The average molecular weight is 312 g/mol. The van der Waals surface area contributed by atoms with E-state index in [1.54, 1.807) is 12.1 Å². The first kappa shape index (κ1) is 16.9. The zero-order chi connectivity index (χ0) is 16.7. The number of carbonyl (C=O) groups is 1. The molecule has 0 aliphatic carbocycles. The van der Waals surface area contributed by atoms with Gasteiger partial charge in [0, 0.05) is 12.2 Å². The zero-order valence-corrected chi connectivity index (χ0v) is 14.0. The summed E-state index contributed by atoms with van der Waals surface area (Å²) in [6.07, 6.45) is 2.75. The molecule has 1 heterocycles. The van der Waals surface area contributed by atoms with Crippen LogP contribution in [-0.4, -0.2) is 22.6 Å². The first-order valence-electron chi connectivity index (χ1n) is 8.19. The van der Waals surface area contributed by atoms with Crippen molar-refractivity contribution in [3.8, 4) is 0 Å². The van der Waals surface area contributed by atoms with Crippen molar-refractivity contribution in [2.24, 2.45) is 0 Å². The lowest BCUT2D eigenvalue weighted by atomic mass is 10.0. The second-order valence-corrected chi connectivity index (χ2v) is 5.34. The molecule has 2 rings (SSSR count). The summed E-state index contributed by atoms with van der Waals surface area (Å²) < 4.78 is 0. The summed E-state index contributed by atoms with van der Waals surface area (Å²) in [5.41, 5.74) is 3.48. The molecule has 0 fully saturated rings. The van der Waals surface area contributed by atoms with Crippen molar-refractivity contribution in [1.82, 2.24) is 10.2 Å². The van der Waals surface area contributed by atoms with Crippen LogP contribution in [0.25, 0.3) is 0 Å². The summed E-state index contributed by atoms with van der Waals surface area (Å²) in [5.74, 6) is 0.460. The molecule has 0 bridgehead atoms. The normalized spacial score (nSPS) is 10.4. The Balaban J connectivity index is 2.16. The third-order valence-corrected chi connectivity index (χ3v) is 3.69. The number of aromatic nitrogens is 2. The van der Waals surface area contributed by atoms with E-state index in [-0.39, 0.29) is 5.91 Å². The first-order chi connectivity index (χ1) is 11.2. The number of para-hydroxylation sites is 1. The van der Waals surface area contributed by atoms with Crippen LogP contribution in [-0.2, 0) is 12.8 Å². The van der Waals surface area contributed by atoms with Crippen LogP contribution in [0.4, 0.5) is 11.5 Å². The van der Waals surface area contributed by atoms with E-state index in [2.05, 4.69) is 41.6 Å². The third kappa shape index (κ3) is 4.28. The lowest BCUT2D eigenvalue weighted by molar-refractivity contribution is 0.102. The number of hydrogen-bond donors (Lipinski definition) is 2. The molecule has 5 nitrogen and oxygen atoms in total. The van der Waals surface area contributed by atoms with Crippen molar-refractivity contribution in [2.75, 3.05) is 17.2 Å². The van der Waals surface area contributed by atoms with Crippen molar-refractivity contribution < 1.29 is 4.79 Å². The maximum absolute atomic E-state index is 12.4. The van der Waals surface area contributed by atoms with E-state index in [4.69, 9.17) is 0 Å². The van der Waals surface area contributed by atoms with Crippen molar-refractivity contribution in [3.05, 3.63) is 47.2 Å². The molecule has 1 amide bonds. The molecule has 0 radical (unpaired) electrons. The van der Waals surface area contributed by atoms with Crippen LogP contribution in [0.5, 0.6) is 0 Å². The van der Waals surface area contributed by atoms with E-state index in [0.717, 1.165) is 42.6 Å². The van der Waals surface area contributed by atoms with Gasteiger partial charge in [0.05, 0.1) is 0 Å². The van der Waals surface area contributed by atoms with Crippen LogP contribution in [0.15, 0.2) is 30.3 Å². The maximum atomic E-state index is 12.4. The Kier molecular flexibility index (Phi) is 6.09. The fourth-order valence-corrected chi connectivity index (χ4v) is 2.38. The van der Waals surface area contributed by atoms with E-state index in [1.165, 1.54) is 0 Å². The Morgan fingerprint density at radius 2 is 1.70 bits per heavy atom. The lowest BCUT2D eigenvalue weighted by Gasteiger charge is -2.14. The van der Waals surface area contributed by atoms with Gasteiger partial charge in [-0.2, -0.15) is 0 Å². The van der Waals surface area contributed by atoms with Gasteiger partial charge in [-0.05, 0) is 42.5 Å². The fourth-order valence-electron chi connectivity index (χ4n) is 2.38. The summed E-state index contributed by atoms with van der Waals surface area (Å²) in [6, 6.07) is 9.59. The molecule has 0 saturated heterocycles. The highest BCUT2D eigenvalue weighted by Crippen LogP contribution is 2.23. The highest BCUT2D eigenvalue weighted by atomic mass is 16.1. The Morgan fingerprint density at radius 3 is 2.22 bits per heavy atom. The molecule has 0 unspecified atom stereocenters. The van der Waals surface area contributed by atoms with E-state index < -0.39 is 0 Å². The quantitative estimate of drug-likeness (QED) is 0.818. The SMILES string of the molecule is CCCNc1ccc(C(=O)Nc2c(CC)cccc2CC)nn1. The summed E-state index contributed by atoms with van der Waals surface area (Å²) in [6.45, 7) is 7.08. The number of carbonyl (C=O) groups excluding carboxylic acids is 1. The molecule has 2 N–H and O–H groups in total. The summed E-state index contributed by atoms with van der Waals surface area (Å²) >= 11 is 0. The van der Waals surface area contributed by atoms with Crippen LogP contribution < -0.4 is 10.6 Å². The van der Waals surface area contributed by atoms with Gasteiger partial charge in [-0.25, -0.2) is 0 Å². The Labute approximate surface area is 137 Å². The van der Waals surface area contributed by atoms with Crippen LogP contribution in [0, 0.1) is 0 Å². The number of hydrogen-bond acceptors (Lipinski definition) is 4. The molecular formula is C18H24N4O. The highest BCUT2D eigenvalue weighted by molar-refractivity contribution is 6.03. The molecule has 1 aromatic heterocycles. The van der Waals surface area contributed by atoms with Crippen molar-refractivity contribution in [2.45, 2.75) is 40.0 Å². The minimum absolute atomic E-state index is 0.227. The number of nitrogens with one attached hydrogen (secondary N) is 2. The second kappa shape index (κ2) is 8.27. The van der Waals surface area contributed by atoms with Crippen molar-refractivity contribution in [3.63, 3.8) is 0 Å². The van der Waals surface area contributed by atoms with E-state index >= 15 is 0 Å². The molecule has 1 aromatic carbocycles. The molecular weight excluding hydrogens is 288 g/mol. The summed E-state index contributed by atoms with van der Waals surface area (Å²) in [4.78, 5) is 12.4. The minimum Gasteiger partial charge on any atom is -0.369 e. The third-order valence-electron chi connectivity index (χ3n) is 3.69. The monoisotopic (exact) mass is 312 g/mol. The van der Waals surface area contributed by atoms with Crippen molar-refractivity contribution in [1.29, 1.82) is 0 Å². The maximum Gasteiger partial charge on any atom is 0.276 e. The predicted molar refractivity (Wildman–Crippen MR) is 94.0 cm³/mol. The van der Waals surface area contributed by atoms with Gasteiger partial charge in [-0.15, -0.1) is 10.2 Å². The van der Waals surface area contributed by atoms with Gasteiger partial charge in [-0.1, -0.05) is 39.0 Å². The van der Waals surface area contributed by atoms with Crippen LogP contribution in [0.3, 0.4) is 0 Å². The second-order valence-electron chi connectivity index (χ2n) is 5.34. The fraction of sp³-hybridized carbons (Fsp3) is 0.389. The molecule has 23 heavy (non-hydrogen) atoms. The average Bonchev–Trinajstić information content (AvgIpc) is 2.60. The van der Waals surface area contributed by atoms with Gasteiger partial charge >= 0.3 is 0 Å². The van der Waals surface area contributed by atoms with Gasteiger partial charge < -0.3 is 10.6 Å². The van der Waals surface area contributed by atoms with Crippen molar-refractivity contribution >= 4 is 17.4 Å². The molecule has 0 atom stereocenters. The predicted octanol–water partition coefficient (Wildman–Crippen LogP) is 3.68. The number of benzene rings is 1. The zero-order valence-electron chi connectivity index (χ0n) is 14.0. The van der Waals surface area contributed by atoms with Gasteiger partial charge in [0.15, 0.2) is 5.69 Å². The summed E-state index contributed by atoms with van der Waals surface area (Å²) in [5, 5.41) is 14.2. The number of anilines is 2. The number of rotatable bonds is 7. The number of nitrogens with zero attached hydrogens (tertiary/aromatic N) is 2. The largest absolute Gasteiger partial charge is 0.369 e. The highest BCUT2D eigenvalue weighted by Gasteiger charge is 2.13. The molecule has 0 saturated carbocycles. The van der Waals surface area contributed by atoms with Gasteiger partial charge in [-0.3, -0.25) is 4.79 Å². The molecule has 2 aromatic rings. The van der Waals surface area contributed by atoms with Crippen LogP contribution in [0.1, 0.15) is 48.8 Å². The number of aryl methyl sites for hydroxylation is 2. The minimum atomic E-state index is -0.227. The number of amides is 1. The Morgan fingerprint density at radius 1 is 1.00 bits per heavy atom. The van der Waals surface area contributed by atoms with Gasteiger partial charge in [0.25, 0.3) is 5.91 Å². The van der Waals surface area contributed by atoms with Gasteiger partial charge in [0.1, 0.15) is 5.82 Å². The Bertz CT molecular complexity index is 630. The van der Waals surface area contributed by atoms with Crippen LogP contribution >= 0.6 is 0 Å². The van der Waals surface area contributed by atoms with Crippen LogP contribution in [0.2, 0.25) is 0 Å². The molecule has 0 aliphatic heterocycles. The molecule has 0 aliphatic rings. The standard InChI is InChI=1S/C18H24N4O/c1-4-12-19-16-11-10-15(21-22-16)18(23)20-17-13(5-2)8-7-9-14(17)6-3/h7-11H,4-6,12H2,1-3H3,(H,19,22)(H,20,23). The lowest BCUT2D eigenvalue weighted by Crippen LogP contribution is -2.17.